The molecular formula is C22H18ClN3O5. The van der Waals surface area contributed by atoms with E-state index in [1.165, 1.54) is 12.1 Å². The number of nitro groups is 1. The lowest BCUT2D eigenvalue weighted by atomic mass is 10.1. The van der Waals surface area contributed by atoms with E-state index in [2.05, 4.69) is 10.6 Å². The summed E-state index contributed by atoms with van der Waals surface area (Å²) in [6.45, 7) is 0.548. The predicted octanol–water partition coefficient (Wildman–Crippen LogP) is 4.31. The van der Waals surface area contributed by atoms with Crippen molar-refractivity contribution < 1.29 is 19.2 Å². The third-order valence-corrected chi connectivity index (χ3v) is 4.54. The number of nitro benzene ring substituents is 1. The van der Waals surface area contributed by atoms with Crippen molar-refractivity contribution in [2.75, 3.05) is 18.5 Å². The number of benzene rings is 3. The van der Waals surface area contributed by atoms with Crippen LogP contribution in [0.3, 0.4) is 0 Å². The van der Waals surface area contributed by atoms with E-state index in [1.807, 2.05) is 30.3 Å². The number of anilines is 1. The third-order valence-electron chi connectivity index (χ3n) is 4.23. The maximum Gasteiger partial charge on any atom is 0.270 e. The van der Waals surface area contributed by atoms with Gasteiger partial charge in [0.15, 0.2) is 0 Å². The molecule has 0 heterocycles. The highest BCUT2D eigenvalue weighted by atomic mass is 35.5. The van der Waals surface area contributed by atoms with Gasteiger partial charge in [0.2, 0.25) is 0 Å². The Bertz CT molecular complexity index is 1110. The van der Waals surface area contributed by atoms with Gasteiger partial charge in [-0.15, -0.1) is 0 Å². The Hall–Kier alpha value is -3.91. The first kappa shape index (κ1) is 21.8. The zero-order valence-corrected chi connectivity index (χ0v) is 17.0. The Morgan fingerprint density at radius 2 is 1.65 bits per heavy atom. The monoisotopic (exact) mass is 439 g/mol. The number of halogens is 1. The molecule has 0 saturated carbocycles. The number of nitrogens with one attached hydrogen (secondary N) is 2. The zero-order valence-electron chi connectivity index (χ0n) is 16.2. The SMILES string of the molecule is O=C(Nc1ccccc1C(=O)NCCOc1ccccc1)c1ccc([N+](=O)[O-])cc1Cl. The highest BCUT2D eigenvalue weighted by Gasteiger charge is 2.18. The molecule has 158 valence electrons. The van der Waals surface area contributed by atoms with Crippen LogP contribution in [0.5, 0.6) is 5.75 Å². The van der Waals surface area contributed by atoms with E-state index in [0.717, 1.165) is 6.07 Å². The van der Waals surface area contributed by atoms with Crippen LogP contribution in [0.15, 0.2) is 72.8 Å². The van der Waals surface area contributed by atoms with Crippen molar-refractivity contribution in [2.24, 2.45) is 0 Å². The minimum Gasteiger partial charge on any atom is -0.492 e. The molecule has 0 unspecified atom stereocenters. The average molecular weight is 440 g/mol. The van der Waals surface area contributed by atoms with Crippen molar-refractivity contribution in [3.63, 3.8) is 0 Å². The van der Waals surface area contributed by atoms with E-state index < -0.39 is 10.8 Å². The van der Waals surface area contributed by atoms with Crippen LogP contribution in [0.1, 0.15) is 20.7 Å². The molecule has 0 fully saturated rings. The first-order chi connectivity index (χ1) is 15.0. The van der Waals surface area contributed by atoms with Gasteiger partial charge in [-0.3, -0.25) is 19.7 Å². The number of rotatable bonds is 8. The lowest BCUT2D eigenvalue weighted by molar-refractivity contribution is -0.384. The van der Waals surface area contributed by atoms with Crippen LogP contribution in [0.4, 0.5) is 11.4 Å². The molecule has 31 heavy (non-hydrogen) atoms. The van der Waals surface area contributed by atoms with E-state index in [9.17, 15) is 19.7 Å². The lowest BCUT2D eigenvalue weighted by Crippen LogP contribution is -2.29. The Labute approximate surface area is 182 Å². The van der Waals surface area contributed by atoms with Crippen molar-refractivity contribution in [3.8, 4) is 5.75 Å². The van der Waals surface area contributed by atoms with Gasteiger partial charge in [0, 0.05) is 12.1 Å². The van der Waals surface area contributed by atoms with Crippen molar-refractivity contribution in [3.05, 3.63) is 99.1 Å². The van der Waals surface area contributed by atoms with Gasteiger partial charge in [0.25, 0.3) is 17.5 Å². The van der Waals surface area contributed by atoms with Crippen LogP contribution < -0.4 is 15.4 Å². The lowest BCUT2D eigenvalue weighted by Gasteiger charge is -2.12. The first-order valence-electron chi connectivity index (χ1n) is 9.26. The fraction of sp³-hybridized carbons (Fsp3) is 0.0909. The maximum absolute atomic E-state index is 12.6. The standard InChI is InChI=1S/C22H18ClN3O5/c23-19-14-15(26(29)30)10-11-17(19)22(28)25-20-9-5-4-8-18(20)21(27)24-12-13-31-16-6-2-1-3-7-16/h1-11,14H,12-13H2,(H,24,27)(H,25,28). The van der Waals surface area contributed by atoms with Crippen LogP contribution in [0.25, 0.3) is 0 Å². The predicted molar refractivity (Wildman–Crippen MR) is 117 cm³/mol. The molecule has 0 atom stereocenters. The summed E-state index contributed by atoms with van der Waals surface area (Å²) in [5.74, 6) is -0.278. The van der Waals surface area contributed by atoms with Gasteiger partial charge >= 0.3 is 0 Å². The molecule has 3 aromatic carbocycles. The third kappa shape index (κ3) is 5.80. The summed E-state index contributed by atoms with van der Waals surface area (Å²) in [6.07, 6.45) is 0. The normalized spacial score (nSPS) is 10.2. The molecule has 8 nitrogen and oxygen atoms in total. The molecule has 3 rings (SSSR count). The molecule has 0 aliphatic rings. The number of non-ortho nitro benzene ring substituents is 1. The Kier molecular flexibility index (Phi) is 7.18. The number of carbonyl (C=O) groups excluding carboxylic acids is 2. The van der Waals surface area contributed by atoms with E-state index in [0.29, 0.717) is 5.75 Å². The molecule has 2 amide bonds. The summed E-state index contributed by atoms with van der Waals surface area (Å²) in [5.41, 5.74) is 0.370. The zero-order chi connectivity index (χ0) is 22.2. The molecule has 0 saturated heterocycles. The highest BCUT2D eigenvalue weighted by Crippen LogP contribution is 2.24. The van der Waals surface area contributed by atoms with Gasteiger partial charge in [0.1, 0.15) is 12.4 Å². The largest absolute Gasteiger partial charge is 0.492 e. The molecular weight excluding hydrogens is 422 g/mol. The van der Waals surface area contributed by atoms with Gasteiger partial charge in [-0.25, -0.2) is 0 Å². The second-order valence-corrected chi connectivity index (χ2v) is 6.75. The van der Waals surface area contributed by atoms with Crippen LogP contribution in [0.2, 0.25) is 5.02 Å². The van der Waals surface area contributed by atoms with E-state index in [1.54, 1.807) is 24.3 Å². The van der Waals surface area contributed by atoms with Gasteiger partial charge in [-0.05, 0) is 30.3 Å². The topological polar surface area (TPSA) is 111 Å². The summed E-state index contributed by atoms with van der Waals surface area (Å²) in [4.78, 5) is 35.4. The number of ether oxygens (including phenoxy) is 1. The number of hydrogen-bond donors (Lipinski definition) is 2. The molecule has 0 aromatic heterocycles. The van der Waals surface area contributed by atoms with Crippen LogP contribution >= 0.6 is 11.6 Å². The van der Waals surface area contributed by atoms with Gasteiger partial charge in [-0.2, -0.15) is 0 Å². The molecule has 0 aliphatic carbocycles. The molecule has 3 aromatic rings. The summed E-state index contributed by atoms with van der Waals surface area (Å²) in [7, 11) is 0. The number of hydrogen-bond acceptors (Lipinski definition) is 5. The van der Waals surface area contributed by atoms with Gasteiger partial charge in [0.05, 0.1) is 33.3 Å². The summed E-state index contributed by atoms with van der Waals surface area (Å²) >= 11 is 6.01. The molecule has 0 radical (unpaired) electrons. The second kappa shape index (κ2) is 10.2. The smallest absolute Gasteiger partial charge is 0.270 e. The van der Waals surface area contributed by atoms with Gasteiger partial charge < -0.3 is 15.4 Å². The second-order valence-electron chi connectivity index (χ2n) is 6.34. The number of amides is 2. The fourth-order valence-corrected chi connectivity index (χ4v) is 2.99. The summed E-state index contributed by atoms with van der Waals surface area (Å²) in [6, 6.07) is 19.2. The van der Waals surface area contributed by atoms with Crippen LogP contribution in [-0.2, 0) is 0 Å². The maximum atomic E-state index is 12.6. The number of nitrogens with zero attached hydrogens (tertiary/aromatic N) is 1. The Balaban J connectivity index is 1.63. The highest BCUT2D eigenvalue weighted by molar-refractivity contribution is 6.34. The minimum atomic E-state index is -0.602. The van der Waals surface area contributed by atoms with E-state index in [4.69, 9.17) is 16.3 Å². The Morgan fingerprint density at radius 1 is 0.935 bits per heavy atom. The number of carbonyl (C=O) groups is 2. The molecule has 9 heteroatoms. The van der Waals surface area contributed by atoms with Crippen molar-refractivity contribution >= 4 is 34.8 Å². The van der Waals surface area contributed by atoms with Crippen molar-refractivity contribution in [2.45, 2.75) is 0 Å². The number of para-hydroxylation sites is 2. The molecule has 0 bridgehead atoms. The quantitative estimate of drug-likeness (QED) is 0.308. The first-order valence-corrected chi connectivity index (χ1v) is 9.64. The molecule has 0 spiro atoms. The van der Waals surface area contributed by atoms with E-state index >= 15 is 0 Å². The van der Waals surface area contributed by atoms with Crippen molar-refractivity contribution in [1.29, 1.82) is 0 Å². The van der Waals surface area contributed by atoms with Gasteiger partial charge in [-0.1, -0.05) is 41.9 Å². The van der Waals surface area contributed by atoms with Crippen LogP contribution in [0, 0.1) is 10.1 Å². The fourth-order valence-electron chi connectivity index (χ4n) is 2.73. The minimum absolute atomic E-state index is 0.0544. The average Bonchev–Trinajstić information content (AvgIpc) is 2.77. The summed E-state index contributed by atoms with van der Waals surface area (Å²) in [5, 5.41) is 16.1. The van der Waals surface area contributed by atoms with E-state index in [-0.39, 0.29) is 46.6 Å². The summed E-state index contributed by atoms with van der Waals surface area (Å²) < 4.78 is 5.54. The molecule has 0 aliphatic heterocycles. The Morgan fingerprint density at radius 3 is 2.35 bits per heavy atom. The van der Waals surface area contributed by atoms with Crippen LogP contribution in [-0.4, -0.2) is 29.9 Å². The molecule has 2 N–H and O–H groups in total. The van der Waals surface area contributed by atoms with Crippen molar-refractivity contribution in [1.82, 2.24) is 5.32 Å².